The second-order valence-electron chi connectivity index (χ2n) is 3.50. The Balaban J connectivity index is 2.57. The highest BCUT2D eigenvalue weighted by Gasteiger charge is 2.19. The summed E-state index contributed by atoms with van der Waals surface area (Å²) in [5.41, 5.74) is 1.04. The van der Waals surface area contributed by atoms with E-state index in [2.05, 4.69) is 4.98 Å². The number of carbonyl (C=O) groups is 1. The lowest BCUT2D eigenvalue weighted by Gasteiger charge is -2.18. The zero-order valence-corrected chi connectivity index (χ0v) is 9.03. The van der Waals surface area contributed by atoms with Crippen LogP contribution in [0, 0.1) is 17.2 Å². The van der Waals surface area contributed by atoms with Crippen LogP contribution in [0.2, 0.25) is 0 Å². The van der Waals surface area contributed by atoms with Gasteiger partial charge >= 0.3 is 0 Å². The molecule has 0 aromatic carbocycles. The predicted molar refractivity (Wildman–Crippen MR) is 56.7 cm³/mol. The molecule has 15 heavy (non-hydrogen) atoms. The van der Waals surface area contributed by atoms with Gasteiger partial charge in [-0.2, -0.15) is 5.26 Å². The summed E-state index contributed by atoms with van der Waals surface area (Å²) in [7, 11) is 1.72. The number of hydrogen-bond acceptors (Lipinski definition) is 2. The molecule has 1 amide bonds. The van der Waals surface area contributed by atoms with E-state index in [0.29, 0.717) is 13.0 Å². The smallest absolute Gasteiger partial charge is 0.239 e. The Labute approximate surface area is 89.5 Å². The lowest BCUT2D eigenvalue weighted by atomic mass is 10.1. The summed E-state index contributed by atoms with van der Waals surface area (Å²) in [4.78, 5) is 16.2. The van der Waals surface area contributed by atoms with Crippen molar-refractivity contribution in [2.45, 2.75) is 19.9 Å². The number of carbonyl (C=O) groups excluding carboxylic acids is 1. The van der Waals surface area contributed by atoms with Gasteiger partial charge in [0, 0.05) is 26.0 Å². The molecule has 0 aliphatic carbocycles. The van der Waals surface area contributed by atoms with Crippen molar-refractivity contribution in [3.05, 3.63) is 24.0 Å². The van der Waals surface area contributed by atoms with E-state index in [1.807, 2.05) is 31.5 Å². The van der Waals surface area contributed by atoms with Gasteiger partial charge in [-0.25, -0.2) is 0 Å². The van der Waals surface area contributed by atoms with Crippen LogP contribution < -0.4 is 0 Å². The van der Waals surface area contributed by atoms with Crippen molar-refractivity contribution in [2.24, 2.45) is 5.92 Å². The van der Waals surface area contributed by atoms with Crippen molar-refractivity contribution in [2.75, 3.05) is 7.05 Å². The largest absolute Gasteiger partial charge is 0.367 e. The Morgan fingerprint density at radius 3 is 2.93 bits per heavy atom. The molecule has 1 aromatic rings. The normalized spacial score (nSPS) is 11.8. The molecule has 1 aromatic heterocycles. The van der Waals surface area contributed by atoms with Crippen molar-refractivity contribution in [1.82, 2.24) is 9.88 Å². The summed E-state index contributed by atoms with van der Waals surface area (Å²) < 4.78 is 0. The monoisotopic (exact) mass is 205 g/mol. The van der Waals surface area contributed by atoms with Gasteiger partial charge in [-0.05, 0) is 18.1 Å². The van der Waals surface area contributed by atoms with Gasteiger partial charge in [-0.15, -0.1) is 0 Å². The van der Waals surface area contributed by atoms with Crippen molar-refractivity contribution in [3.63, 3.8) is 0 Å². The molecule has 0 fully saturated rings. The van der Waals surface area contributed by atoms with Gasteiger partial charge in [-0.1, -0.05) is 6.92 Å². The number of hydrogen-bond donors (Lipinski definition) is 1. The molecule has 0 bridgehead atoms. The van der Waals surface area contributed by atoms with E-state index in [-0.39, 0.29) is 5.91 Å². The van der Waals surface area contributed by atoms with Gasteiger partial charge in [-0.3, -0.25) is 4.79 Å². The van der Waals surface area contributed by atoms with Crippen molar-refractivity contribution in [3.8, 4) is 6.07 Å². The number of rotatable bonds is 4. The summed E-state index contributed by atoms with van der Waals surface area (Å²) in [5, 5.41) is 8.77. The van der Waals surface area contributed by atoms with Crippen molar-refractivity contribution < 1.29 is 4.79 Å². The zero-order valence-electron chi connectivity index (χ0n) is 9.03. The van der Waals surface area contributed by atoms with Crippen LogP contribution in [0.1, 0.15) is 18.9 Å². The number of aromatic nitrogens is 1. The molecule has 0 spiro atoms. The molecular weight excluding hydrogens is 190 g/mol. The molecule has 0 aliphatic heterocycles. The highest BCUT2D eigenvalue weighted by Crippen LogP contribution is 2.08. The molecule has 1 heterocycles. The molecule has 0 saturated heterocycles. The summed E-state index contributed by atoms with van der Waals surface area (Å²) >= 11 is 0. The predicted octanol–water partition coefficient (Wildman–Crippen LogP) is 1.52. The van der Waals surface area contributed by atoms with Crippen LogP contribution in [0.15, 0.2) is 18.5 Å². The molecular formula is C11H15N3O. The Hall–Kier alpha value is -1.76. The summed E-state index contributed by atoms with van der Waals surface area (Å²) in [6.45, 7) is 2.39. The number of amides is 1. The molecule has 1 atom stereocenters. The van der Waals surface area contributed by atoms with E-state index < -0.39 is 5.92 Å². The maximum atomic E-state index is 11.7. The lowest BCUT2D eigenvalue weighted by Crippen LogP contribution is -2.31. The first-order chi connectivity index (χ1) is 7.19. The maximum absolute atomic E-state index is 11.7. The van der Waals surface area contributed by atoms with Crippen LogP contribution in [0.4, 0.5) is 0 Å². The molecule has 4 nitrogen and oxygen atoms in total. The van der Waals surface area contributed by atoms with Gasteiger partial charge in [0.1, 0.15) is 5.92 Å². The fourth-order valence-corrected chi connectivity index (χ4v) is 1.40. The molecule has 0 radical (unpaired) electrons. The first-order valence-electron chi connectivity index (χ1n) is 4.95. The van der Waals surface area contributed by atoms with Crippen LogP contribution in [0.5, 0.6) is 0 Å². The molecule has 80 valence electrons. The van der Waals surface area contributed by atoms with Gasteiger partial charge in [0.25, 0.3) is 0 Å². The third-order valence-electron chi connectivity index (χ3n) is 2.32. The molecule has 1 rings (SSSR count). The summed E-state index contributed by atoms with van der Waals surface area (Å²) in [6, 6.07) is 3.93. The average molecular weight is 205 g/mol. The summed E-state index contributed by atoms with van der Waals surface area (Å²) in [6.07, 6.45) is 4.22. The van der Waals surface area contributed by atoms with E-state index in [9.17, 15) is 4.79 Å². The fraction of sp³-hybridized carbons (Fsp3) is 0.455. The Morgan fingerprint density at radius 1 is 1.73 bits per heavy atom. The van der Waals surface area contributed by atoms with Crippen LogP contribution in [-0.4, -0.2) is 22.8 Å². The van der Waals surface area contributed by atoms with Crippen LogP contribution in [-0.2, 0) is 11.3 Å². The zero-order chi connectivity index (χ0) is 11.3. The quantitative estimate of drug-likeness (QED) is 0.810. The van der Waals surface area contributed by atoms with Crippen LogP contribution in [0.3, 0.4) is 0 Å². The number of nitrogens with one attached hydrogen (secondary N) is 1. The topological polar surface area (TPSA) is 59.9 Å². The van der Waals surface area contributed by atoms with Gasteiger partial charge in [0.05, 0.1) is 6.07 Å². The van der Waals surface area contributed by atoms with Gasteiger partial charge < -0.3 is 9.88 Å². The number of aromatic amines is 1. The first kappa shape index (κ1) is 11.3. The second kappa shape index (κ2) is 5.20. The van der Waals surface area contributed by atoms with Gasteiger partial charge in [0.15, 0.2) is 0 Å². The number of nitrogens with zero attached hydrogens (tertiary/aromatic N) is 2. The van der Waals surface area contributed by atoms with E-state index in [4.69, 9.17) is 5.26 Å². The Kier molecular flexibility index (Phi) is 3.92. The minimum atomic E-state index is -0.519. The van der Waals surface area contributed by atoms with E-state index in [1.54, 1.807) is 11.9 Å². The average Bonchev–Trinajstić information content (AvgIpc) is 2.72. The van der Waals surface area contributed by atoms with Crippen LogP contribution in [0.25, 0.3) is 0 Å². The Bertz CT molecular complexity index is 350. The second-order valence-corrected chi connectivity index (χ2v) is 3.50. The minimum absolute atomic E-state index is 0.110. The fourth-order valence-electron chi connectivity index (χ4n) is 1.40. The first-order valence-corrected chi connectivity index (χ1v) is 4.95. The molecule has 4 heteroatoms. The maximum Gasteiger partial charge on any atom is 0.239 e. The minimum Gasteiger partial charge on any atom is -0.367 e. The molecule has 0 saturated carbocycles. The van der Waals surface area contributed by atoms with Crippen molar-refractivity contribution in [1.29, 1.82) is 5.26 Å². The number of nitriles is 1. The molecule has 1 N–H and O–H groups in total. The van der Waals surface area contributed by atoms with E-state index >= 15 is 0 Å². The SMILES string of the molecule is CCC(C#N)C(=O)N(C)Cc1cc[nH]c1. The summed E-state index contributed by atoms with van der Waals surface area (Å²) in [5.74, 6) is -0.629. The van der Waals surface area contributed by atoms with E-state index in [1.165, 1.54) is 0 Å². The van der Waals surface area contributed by atoms with Gasteiger partial charge in [0.2, 0.25) is 5.91 Å². The van der Waals surface area contributed by atoms with Crippen LogP contribution >= 0.6 is 0 Å². The highest BCUT2D eigenvalue weighted by atomic mass is 16.2. The standard InChI is InChI=1S/C11H15N3O/c1-3-10(6-12)11(15)14(2)8-9-4-5-13-7-9/h4-5,7,10,13H,3,8H2,1-2H3. The molecule has 1 unspecified atom stereocenters. The third-order valence-corrected chi connectivity index (χ3v) is 2.32. The highest BCUT2D eigenvalue weighted by molar-refractivity contribution is 5.80. The lowest BCUT2D eigenvalue weighted by molar-refractivity contribution is -0.133. The third kappa shape index (κ3) is 2.84. The number of H-pyrrole nitrogens is 1. The molecule has 0 aliphatic rings. The van der Waals surface area contributed by atoms with E-state index in [0.717, 1.165) is 5.56 Å². The van der Waals surface area contributed by atoms with Crippen molar-refractivity contribution >= 4 is 5.91 Å². The Morgan fingerprint density at radius 2 is 2.47 bits per heavy atom.